The van der Waals surface area contributed by atoms with Crippen molar-refractivity contribution in [2.24, 2.45) is 5.92 Å². The Labute approximate surface area is 91.2 Å². The van der Waals surface area contributed by atoms with E-state index in [0.29, 0.717) is 0 Å². The molecule has 1 saturated carbocycles. The first kappa shape index (κ1) is 10.8. The molecule has 14 heavy (non-hydrogen) atoms. The Bertz CT molecular complexity index is 155. The molecular formula is C11H21NOS. The summed E-state index contributed by atoms with van der Waals surface area (Å²) < 4.78 is 5.58. The smallest absolute Gasteiger partial charge is 0.0494 e. The van der Waals surface area contributed by atoms with E-state index in [-0.39, 0.29) is 0 Å². The summed E-state index contributed by atoms with van der Waals surface area (Å²) in [6.45, 7) is 3.10. The quantitative estimate of drug-likeness (QED) is 0.655. The Morgan fingerprint density at radius 2 is 2.21 bits per heavy atom. The van der Waals surface area contributed by atoms with E-state index in [1.54, 1.807) is 0 Å². The summed E-state index contributed by atoms with van der Waals surface area (Å²) in [5, 5.41) is 3.58. The van der Waals surface area contributed by atoms with Gasteiger partial charge in [-0.15, -0.1) is 0 Å². The van der Waals surface area contributed by atoms with Crippen LogP contribution in [0.15, 0.2) is 0 Å². The Kier molecular flexibility index (Phi) is 4.61. The van der Waals surface area contributed by atoms with Gasteiger partial charge in [-0.1, -0.05) is 0 Å². The molecule has 0 aromatic carbocycles. The van der Waals surface area contributed by atoms with Crippen LogP contribution >= 0.6 is 11.8 Å². The number of thioether (sulfide) groups is 1. The maximum Gasteiger partial charge on any atom is 0.0494 e. The fourth-order valence-corrected chi connectivity index (χ4v) is 2.90. The van der Waals surface area contributed by atoms with Crippen LogP contribution in [-0.4, -0.2) is 37.3 Å². The second-order valence-corrected chi connectivity index (χ2v) is 5.54. The topological polar surface area (TPSA) is 21.3 Å². The first-order valence-corrected chi connectivity index (χ1v) is 6.99. The molecule has 2 fully saturated rings. The van der Waals surface area contributed by atoms with Gasteiger partial charge in [-0.25, -0.2) is 0 Å². The number of hydrogen-bond donors (Lipinski definition) is 1. The van der Waals surface area contributed by atoms with Gasteiger partial charge in [0.05, 0.1) is 0 Å². The first-order valence-electron chi connectivity index (χ1n) is 5.84. The molecule has 1 atom stereocenters. The maximum atomic E-state index is 5.58. The fourth-order valence-electron chi connectivity index (χ4n) is 1.71. The third kappa shape index (κ3) is 4.20. The Morgan fingerprint density at radius 3 is 2.93 bits per heavy atom. The molecule has 0 aromatic heterocycles. The van der Waals surface area contributed by atoms with E-state index >= 15 is 0 Å². The number of rotatable bonds is 7. The lowest BCUT2D eigenvalue weighted by Crippen LogP contribution is -2.30. The highest BCUT2D eigenvalue weighted by atomic mass is 32.2. The van der Waals surface area contributed by atoms with Crippen molar-refractivity contribution in [2.45, 2.75) is 31.7 Å². The monoisotopic (exact) mass is 215 g/mol. The number of ether oxygens (including phenoxy) is 1. The third-order valence-corrected chi connectivity index (χ3v) is 4.04. The van der Waals surface area contributed by atoms with Gasteiger partial charge in [0.25, 0.3) is 0 Å². The van der Waals surface area contributed by atoms with Gasteiger partial charge in [-0.05, 0) is 43.9 Å². The molecule has 0 spiro atoms. The van der Waals surface area contributed by atoms with Crippen LogP contribution in [-0.2, 0) is 4.74 Å². The number of nitrogens with one attached hydrogen (secondary N) is 1. The predicted molar refractivity (Wildman–Crippen MR) is 61.9 cm³/mol. The van der Waals surface area contributed by atoms with E-state index in [4.69, 9.17) is 4.74 Å². The van der Waals surface area contributed by atoms with E-state index < -0.39 is 0 Å². The largest absolute Gasteiger partial charge is 0.381 e. The van der Waals surface area contributed by atoms with Crippen molar-refractivity contribution in [2.75, 3.05) is 31.3 Å². The molecule has 2 nitrogen and oxygen atoms in total. The summed E-state index contributed by atoms with van der Waals surface area (Å²) in [5.74, 6) is 3.56. The van der Waals surface area contributed by atoms with Crippen molar-refractivity contribution in [1.82, 2.24) is 5.32 Å². The molecule has 0 radical (unpaired) electrons. The lowest BCUT2D eigenvalue weighted by atomic mass is 10.2. The Morgan fingerprint density at radius 1 is 1.29 bits per heavy atom. The average molecular weight is 215 g/mol. The molecule has 1 N–H and O–H groups in total. The molecule has 0 bridgehead atoms. The average Bonchev–Trinajstić information content (AvgIpc) is 2.87. The zero-order valence-electron chi connectivity index (χ0n) is 8.84. The van der Waals surface area contributed by atoms with Gasteiger partial charge >= 0.3 is 0 Å². The highest BCUT2D eigenvalue weighted by molar-refractivity contribution is 7.99. The molecule has 2 aliphatic rings. The standard InChI is InChI=1S/C11H21NOS/c1(6-13-8-10-2-3-10)5-12-11-4-7-14-9-11/h10-12H,1-9H2. The highest BCUT2D eigenvalue weighted by Crippen LogP contribution is 2.28. The van der Waals surface area contributed by atoms with Crippen molar-refractivity contribution in [1.29, 1.82) is 0 Å². The highest BCUT2D eigenvalue weighted by Gasteiger charge is 2.20. The summed E-state index contributed by atoms with van der Waals surface area (Å²) in [7, 11) is 0. The molecule has 1 aliphatic heterocycles. The van der Waals surface area contributed by atoms with Crippen molar-refractivity contribution in [3.63, 3.8) is 0 Å². The predicted octanol–water partition coefficient (Wildman–Crippen LogP) is 1.90. The van der Waals surface area contributed by atoms with E-state index in [1.165, 1.54) is 37.2 Å². The van der Waals surface area contributed by atoms with Gasteiger partial charge in [-0.2, -0.15) is 11.8 Å². The number of hydrogen-bond acceptors (Lipinski definition) is 3. The van der Waals surface area contributed by atoms with E-state index in [0.717, 1.165) is 31.7 Å². The summed E-state index contributed by atoms with van der Waals surface area (Å²) in [5.41, 5.74) is 0. The molecule has 3 heteroatoms. The van der Waals surface area contributed by atoms with E-state index in [2.05, 4.69) is 17.1 Å². The molecule has 1 heterocycles. The summed E-state index contributed by atoms with van der Waals surface area (Å²) in [6, 6.07) is 0.781. The Balaban J connectivity index is 1.35. The van der Waals surface area contributed by atoms with E-state index in [9.17, 15) is 0 Å². The second-order valence-electron chi connectivity index (χ2n) is 4.39. The molecule has 1 saturated heterocycles. The van der Waals surface area contributed by atoms with Gasteiger partial charge in [0, 0.05) is 25.0 Å². The minimum absolute atomic E-state index is 0.781. The van der Waals surface area contributed by atoms with Gasteiger partial charge < -0.3 is 10.1 Å². The van der Waals surface area contributed by atoms with Gasteiger partial charge in [0.1, 0.15) is 0 Å². The summed E-state index contributed by atoms with van der Waals surface area (Å²) in [6.07, 6.45) is 5.33. The SMILES string of the molecule is C(CNC1CCSC1)COCC1CC1. The van der Waals surface area contributed by atoms with Gasteiger partial charge in [-0.3, -0.25) is 0 Å². The molecule has 82 valence electrons. The van der Waals surface area contributed by atoms with Crippen molar-refractivity contribution >= 4 is 11.8 Å². The second kappa shape index (κ2) is 5.99. The molecule has 0 aromatic rings. The summed E-state index contributed by atoms with van der Waals surface area (Å²) in [4.78, 5) is 0. The minimum atomic E-state index is 0.781. The van der Waals surface area contributed by atoms with Crippen LogP contribution in [0.4, 0.5) is 0 Å². The molecule has 1 aliphatic carbocycles. The third-order valence-electron chi connectivity index (χ3n) is 2.88. The van der Waals surface area contributed by atoms with Crippen LogP contribution in [0.1, 0.15) is 25.7 Å². The lowest BCUT2D eigenvalue weighted by Gasteiger charge is -2.10. The van der Waals surface area contributed by atoms with Crippen molar-refractivity contribution < 1.29 is 4.74 Å². The van der Waals surface area contributed by atoms with Crippen LogP contribution in [0.3, 0.4) is 0 Å². The van der Waals surface area contributed by atoms with E-state index in [1.807, 2.05) is 0 Å². The fraction of sp³-hybridized carbons (Fsp3) is 1.00. The zero-order chi connectivity index (χ0) is 9.64. The molecule has 0 amide bonds. The van der Waals surface area contributed by atoms with Crippen LogP contribution in [0.25, 0.3) is 0 Å². The summed E-state index contributed by atoms with van der Waals surface area (Å²) >= 11 is 2.07. The maximum absolute atomic E-state index is 5.58. The normalized spacial score (nSPS) is 27.0. The van der Waals surface area contributed by atoms with Crippen LogP contribution in [0.5, 0.6) is 0 Å². The van der Waals surface area contributed by atoms with Crippen LogP contribution in [0.2, 0.25) is 0 Å². The molecular weight excluding hydrogens is 194 g/mol. The Hall–Kier alpha value is 0.270. The molecule has 2 rings (SSSR count). The van der Waals surface area contributed by atoms with Gasteiger partial charge in [0.15, 0.2) is 0 Å². The van der Waals surface area contributed by atoms with Crippen LogP contribution in [0, 0.1) is 5.92 Å². The minimum Gasteiger partial charge on any atom is -0.381 e. The van der Waals surface area contributed by atoms with Crippen LogP contribution < -0.4 is 5.32 Å². The van der Waals surface area contributed by atoms with Crippen molar-refractivity contribution in [3.05, 3.63) is 0 Å². The van der Waals surface area contributed by atoms with Gasteiger partial charge in [0.2, 0.25) is 0 Å². The molecule has 1 unspecified atom stereocenters. The van der Waals surface area contributed by atoms with Crippen molar-refractivity contribution in [3.8, 4) is 0 Å². The lowest BCUT2D eigenvalue weighted by molar-refractivity contribution is 0.121. The first-order chi connectivity index (χ1) is 6.95. The zero-order valence-corrected chi connectivity index (χ0v) is 9.65.